The van der Waals surface area contributed by atoms with E-state index in [9.17, 15) is 4.79 Å². The number of carbonyl (C=O) groups is 1. The molecule has 1 aliphatic rings. The molecule has 1 aliphatic heterocycles. The van der Waals surface area contributed by atoms with E-state index in [4.69, 9.17) is 0 Å². The molecule has 0 bridgehead atoms. The lowest BCUT2D eigenvalue weighted by atomic mass is 10.1. The van der Waals surface area contributed by atoms with Crippen molar-refractivity contribution in [3.63, 3.8) is 0 Å². The fourth-order valence-corrected chi connectivity index (χ4v) is 2.23. The summed E-state index contributed by atoms with van der Waals surface area (Å²) in [5, 5.41) is 11.4. The molecular weight excluding hydrogens is 246 g/mol. The molecule has 1 N–H and O–H groups in total. The van der Waals surface area contributed by atoms with Crippen molar-refractivity contribution >= 4 is 28.5 Å². The van der Waals surface area contributed by atoms with E-state index in [1.165, 1.54) is 17.3 Å². The summed E-state index contributed by atoms with van der Waals surface area (Å²) < 4.78 is 0. The quantitative estimate of drug-likeness (QED) is 0.656. The highest BCUT2D eigenvalue weighted by Gasteiger charge is 2.25. The van der Waals surface area contributed by atoms with Crippen LogP contribution in [0.2, 0.25) is 0 Å². The number of benzene rings is 1. The molecule has 5 heteroatoms. The Morgan fingerprint density at radius 3 is 2.56 bits per heavy atom. The molecule has 1 saturated heterocycles. The third-order valence-corrected chi connectivity index (χ3v) is 3.62. The number of hydrogen-bond acceptors (Lipinski definition) is 4. The molecule has 0 aliphatic carbocycles. The van der Waals surface area contributed by atoms with Gasteiger partial charge >= 0.3 is 0 Å². The third-order valence-electron chi connectivity index (χ3n) is 2.65. The molecule has 94 valence electrons. The first-order valence-corrected chi connectivity index (χ1v) is 6.61. The Balaban J connectivity index is 2.12. The number of nitrogens with one attached hydrogen (secondary N) is 1. The number of hydrogen-bond donors (Lipinski definition) is 1. The predicted octanol–water partition coefficient (Wildman–Crippen LogP) is 2.33. The van der Waals surface area contributed by atoms with E-state index in [2.05, 4.69) is 15.5 Å². The van der Waals surface area contributed by atoms with Crippen molar-refractivity contribution in [1.29, 1.82) is 0 Å². The molecule has 1 heterocycles. The molecule has 4 nitrogen and oxygen atoms in total. The number of thioether (sulfide) groups is 1. The normalized spacial score (nSPS) is 22.4. The van der Waals surface area contributed by atoms with Gasteiger partial charge in [-0.25, -0.2) is 0 Å². The topological polar surface area (TPSA) is 53.8 Å². The van der Waals surface area contributed by atoms with Crippen LogP contribution in [-0.2, 0) is 4.79 Å². The monoisotopic (exact) mass is 261 g/mol. The summed E-state index contributed by atoms with van der Waals surface area (Å²) in [4.78, 5) is 11.3. The van der Waals surface area contributed by atoms with Crippen LogP contribution < -0.4 is 5.32 Å². The van der Waals surface area contributed by atoms with Gasteiger partial charge in [0.05, 0.1) is 11.0 Å². The van der Waals surface area contributed by atoms with Gasteiger partial charge in [0.2, 0.25) is 5.91 Å². The van der Waals surface area contributed by atoms with Crippen molar-refractivity contribution in [1.82, 2.24) is 5.32 Å². The van der Waals surface area contributed by atoms with Crippen molar-refractivity contribution in [3.8, 4) is 0 Å². The number of nitrogens with zero attached hydrogens (tertiary/aromatic N) is 2. The van der Waals surface area contributed by atoms with E-state index < -0.39 is 0 Å². The largest absolute Gasteiger partial charge is 0.303 e. The zero-order valence-electron chi connectivity index (χ0n) is 10.6. The highest BCUT2D eigenvalue weighted by atomic mass is 32.2. The predicted molar refractivity (Wildman–Crippen MR) is 76.0 cm³/mol. The van der Waals surface area contributed by atoms with Gasteiger partial charge in [0.25, 0.3) is 0 Å². The minimum atomic E-state index is -0.0846. The van der Waals surface area contributed by atoms with E-state index in [1.54, 1.807) is 0 Å². The van der Waals surface area contributed by atoms with E-state index in [-0.39, 0.29) is 11.2 Å². The molecule has 0 aromatic heterocycles. The van der Waals surface area contributed by atoms with Gasteiger partial charge in [-0.15, -0.1) is 5.10 Å². The lowest BCUT2D eigenvalue weighted by molar-refractivity contribution is -0.118. The fraction of sp³-hybridized carbons (Fsp3) is 0.308. The summed E-state index contributed by atoms with van der Waals surface area (Å²) >= 11 is 1.40. The van der Waals surface area contributed by atoms with Crippen molar-refractivity contribution < 1.29 is 4.79 Å². The van der Waals surface area contributed by atoms with Gasteiger partial charge in [-0.1, -0.05) is 41.6 Å². The molecule has 0 unspecified atom stereocenters. The first-order valence-electron chi connectivity index (χ1n) is 5.73. The van der Waals surface area contributed by atoms with Gasteiger partial charge < -0.3 is 5.32 Å². The first-order chi connectivity index (χ1) is 8.56. The number of aryl methyl sites for hydroxylation is 1. The molecule has 18 heavy (non-hydrogen) atoms. The zero-order chi connectivity index (χ0) is 13.1. The van der Waals surface area contributed by atoms with E-state index >= 15 is 0 Å². The number of amidine groups is 1. The number of carbonyl (C=O) groups excluding carboxylic acids is 1. The Kier molecular flexibility index (Phi) is 3.81. The van der Waals surface area contributed by atoms with Gasteiger partial charge in [-0.2, -0.15) is 5.10 Å². The summed E-state index contributed by atoms with van der Waals surface area (Å²) in [5.74, 6) is -0.0121. The zero-order valence-corrected chi connectivity index (χ0v) is 11.4. The minimum Gasteiger partial charge on any atom is -0.303 e. The second kappa shape index (κ2) is 5.35. The van der Waals surface area contributed by atoms with Gasteiger partial charge in [0.1, 0.15) is 0 Å². The average Bonchev–Trinajstić information content (AvgIpc) is 2.67. The SMILES string of the molecule is C/C(=N\N=C1\NC(=O)[C@H](C)S1)c1ccc(C)cc1. The van der Waals surface area contributed by atoms with Crippen molar-refractivity contribution in [3.05, 3.63) is 35.4 Å². The molecule has 2 rings (SSSR count). The van der Waals surface area contributed by atoms with Crippen LogP contribution in [0.3, 0.4) is 0 Å². The van der Waals surface area contributed by atoms with Crippen LogP contribution in [0, 0.1) is 6.92 Å². The minimum absolute atomic E-state index is 0.0121. The second-order valence-corrected chi connectivity index (χ2v) is 5.54. The Morgan fingerprint density at radius 1 is 1.33 bits per heavy atom. The average molecular weight is 261 g/mol. The molecular formula is C13H15N3OS. The molecule has 1 fully saturated rings. The summed E-state index contributed by atoms with van der Waals surface area (Å²) in [6.45, 7) is 5.79. The van der Waals surface area contributed by atoms with Crippen molar-refractivity contribution in [2.45, 2.75) is 26.0 Å². The number of amides is 1. The Bertz CT molecular complexity index is 520. The van der Waals surface area contributed by atoms with Crippen LogP contribution in [0.25, 0.3) is 0 Å². The van der Waals surface area contributed by atoms with Crippen molar-refractivity contribution in [2.24, 2.45) is 10.2 Å². The van der Waals surface area contributed by atoms with Crippen LogP contribution in [0.1, 0.15) is 25.0 Å². The first kappa shape index (κ1) is 12.8. The van der Waals surface area contributed by atoms with Crippen LogP contribution in [-0.4, -0.2) is 22.0 Å². The summed E-state index contributed by atoms with van der Waals surface area (Å²) in [6, 6.07) is 8.10. The summed E-state index contributed by atoms with van der Waals surface area (Å²) in [6.07, 6.45) is 0. The molecule has 0 spiro atoms. The Morgan fingerprint density at radius 2 is 2.00 bits per heavy atom. The Labute approximate surface area is 111 Å². The molecule has 1 aromatic rings. The van der Waals surface area contributed by atoms with E-state index in [0.29, 0.717) is 5.17 Å². The van der Waals surface area contributed by atoms with Crippen molar-refractivity contribution in [2.75, 3.05) is 0 Å². The molecule has 1 aromatic carbocycles. The van der Waals surface area contributed by atoms with Crippen LogP contribution >= 0.6 is 11.8 Å². The maximum atomic E-state index is 11.3. The maximum Gasteiger partial charge on any atom is 0.239 e. The van der Waals surface area contributed by atoms with Gasteiger partial charge in [0, 0.05) is 0 Å². The highest BCUT2D eigenvalue weighted by Crippen LogP contribution is 2.18. The summed E-state index contributed by atoms with van der Waals surface area (Å²) in [5.41, 5.74) is 3.08. The van der Waals surface area contributed by atoms with E-state index in [1.807, 2.05) is 45.0 Å². The van der Waals surface area contributed by atoms with Crippen LogP contribution in [0.5, 0.6) is 0 Å². The molecule has 1 atom stereocenters. The molecule has 0 saturated carbocycles. The lowest BCUT2D eigenvalue weighted by Crippen LogP contribution is -2.23. The van der Waals surface area contributed by atoms with E-state index in [0.717, 1.165) is 11.3 Å². The van der Waals surface area contributed by atoms with Crippen LogP contribution in [0.4, 0.5) is 0 Å². The molecule has 1 amide bonds. The standard InChI is InChI=1S/C13H15N3OS/c1-8-4-6-11(7-5-8)9(2)15-16-13-14-12(17)10(3)18-13/h4-7,10H,1-3H3,(H,14,16,17)/b15-9+/t10-/m0/s1. The third kappa shape index (κ3) is 2.98. The Hall–Kier alpha value is -1.62. The van der Waals surface area contributed by atoms with Crippen LogP contribution in [0.15, 0.2) is 34.5 Å². The lowest BCUT2D eigenvalue weighted by Gasteiger charge is -1.99. The smallest absolute Gasteiger partial charge is 0.239 e. The second-order valence-electron chi connectivity index (χ2n) is 4.21. The summed E-state index contributed by atoms with van der Waals surface area (Å²) in [7, 11) is 0. The van der Waals surface area contributed by atoms with Gasteiger partial charge in [0.15, 0.2) is 5.17 Å². The highest BCUT2D eigenvalue weighted by molar-refractivity contribution is 8.15. The molecule has 0 radical (unpaired) electrons. The fourth-order valence-electron chi connectivity index (χ4n) is 1.48. The number of rotatable bonds is 2. The van der Waals surface area contributed by atoms with Gasteiger partial charge in [-0.3, -0.25) is 4.79 Å². The maximum absolute atomic E-state index is 11.3. The van der Waals surface area contributed by atoms with Gasteiger partial charge in [-0.05, 0) is 26.3 Å².